The summed E-state index contributed by atoms with van der Waals surface area (Å²) in [4.78, 5) is 42.7. The number of hydrogen-bond acceptors (Lipinski definition) is 6. The van der Waals surface area contributed by atoms with Crippen LogP contribution in [0.3, 0.4) is 0 Å². The molecule has 9 nitrogen and oxygen atoms in total. The average Bonchev–Trinajstić information content (AvgIpc) is 3.59. The lowest BCUT2D eigenvalue weighted by atomic mass is 9.97. The summed E-state index contributed by atoms with van der Waals surface area (Å²) >= 11 is 0. The minimum Gasteiger partial charge on any atom is -0.492 e. The second-order valence-electron chi connectivity index (χ2n) is 10.4. The van der Waals surface area contributed by atoms with E-state index in [2.05, 4.69) is 21.6 Å². The molecule has 0 radical (unpaired) electrons. The van der Waals surface area contributed by atoms with E-state index in [1.807, 2.05) is 41.0 Å². The number of nitrogens with one attached hydrogen (secondary N) is 2. The van der Waals surface area contributed by atoms with Crippen LogP contribution in [0.4, 0.5) is 0 Å². The summed E-state index contributed by atoms with van der Waals surface area (Å²) in [6.45, 7) is 5.43. The summed E-state index contributed by atoms with van der Waals surface area (Å²) < 4.78 is 5.89. The van der Waals surface area contributed by atoms with Crippen molar-refractivity contribution in [3.05, 3.63) is 69.1 Å². The summed E-state index contributed by atoms with van der Waals surface area (Å²) in [7, 11) is 0. The lowest BCUT2D eigenvalue weighted by Crippen LogP contribution is -2.58. The molecule has 9 heteroatoms. The standard InChI is InChI=1S/C28H31N5O4/c1-28(8-4-9-29-28)27(36)33-12-10-32(11-13-33)26(35)22-16-18(15-19-7-14-37-24(19)22)17-23-20-5-2-3-6-21(20)25(34)31-30-23/h2-3,5-6,15-16,29H,4,7-14,17H2,1H3,(H,31,34)/t28-/m1/s1. The van der Waals surface area contributed by atoms with Crippen LogP contribution < -0.4 is 15.6 Å². The fourth-order valence-electron chi connectivity index (χ4n) is 5.84. The molecule has 0 spiro atoms. The molecular weight excluding hydrogens is 470 g/mol. The van der Waals surface area contributed by atoms with Crippen LogP contribution in [0.2, 0.25) is 0 Å². The van der Waals surface area contributed by atoms with Crippen LogP contribution in [0.25, 0.3) is 10.8 Å². The molecule has 3 aliphatic rings. The first-order valence-corrected chi connectivity index (χ1v) is 13.0. The number of ether oxygens (including phenoxy) is 1. The van der Waals surface area contributed by atoms with Gasteiger partial charge in [0.05, 0.1) is 28.8 Å². The Balaban J connectivity index is 1.23. The van der Waals surface area contributed by atoms with E-state index in [0.29, 0.717) is 55.9 Å². The molecule has 2 N–H and O–H groups in total. The summed E-state index contributed by atoms with van der Waals surface area (Å²) in [5.74, 6) is 0.717. The van der Waals surface area contributed by atoms with Crippen LogP contribution in [0.5, 0.6) is 5.75 Å². The van der Waals surface area contributed by atoms with Crippen LogP contribution >= 0.6 is 0 Å². The van der Waals surface area contributed by atoms with Gasteiger partial charge in [-0.2, -0.15) is 5.10 Å². The number of aromatic nitrogens is 2. The van der Waals surface area contributed by atoms with Crippen molar-refractivity contribution in [3.63, 3.8) is 0 Å². The van der Waals surface area contributed by atoms with Gasteiger partial charge in [0.15, 0.2) is 0 Å². The van der Waals surface area contributed by atoms with Crippen LogP contribution in [0, 0.1) is 0 Å². The van der Waals surface area contributed by atoms with Crippen molar-refractivity contribution >= 4 is 22.6 Å². The Hall–Kier alpha value is -3.72. The zero-order valence-corrected chi connectivity index (χ0v) is 21.0. The topological polar surface area (TPSA) is 108 Å². The Kier molecular flexibility index (Phi) is 5.95. The van der Waals surface area contributed by atoms with Gasteiger partial charge in [0.25, 0.3) is 11.5 Å². The van der Waals surface area contributed by atoms with Gasteiger partial charge >= 0.3 is 0 Å². The molecule has 0 aliphatic carbocycles. The predicted molar refractivity (Wildman–Crippen MR) is 139 cm³/mol. The number of amides is 2. The molecule has 6 rings (SSSR count). The summed E-state index contributed by atoms with van der Waals surface area (Å²) in [5.41, 5.74) is 2.58. The van der Waals surface area contributed by atoms with Crippen LogP contribution in [0.15, 0.2) is 41.2 Å². The van der Waals surface area contributed by atoms with Gasteiger partial charge < -0.3 is 19.9 Å². The smallest absolute Gasteiger partial charge is 0.272 e. The van der Waals surface area contributed by atoms with Crippen molar-refractivity contribution < 1.29 is 14.3 Å². The Bertz CT molecular complexity index is 1430. The second-order valence-corrected chi connectivity index (χ2v) is 10.4. The van der Waals surface area contributed by atoms with Gasteiger partial charge in [0, 0.05) is 44.4 Å². The normalized spacial score (nSPS) is 21.2. The highest BCUT2D eigenvalue weighted by molar-refractivity contribution is 5.98. The summed E-state index contributed by atoms with van der Waals surface area (Å²) in [5, 5.41) is 11.7. The van der Waals surface area contributed by atoms with Crippen molar-refractivity contribution in [3.8, 4) is 5.75 Å². The first-order chi connectivity index (χ1) is 17.9. The molecule has 2 saturated heterocycles. The van der Waals surface area contributed by atoms with Crippen molar-refractivity contribution in [1.29, 1.82) is 0 Å². The monoisotopic (exact) mass is 501 g/mol. The second kappa shape index (κ2) is 9.30. The van der Waals surface area contributed by atoms with Gasteiger partial charge in [0.2, 0.25) is 5.91 Å². The number of carbonyl (C=O) groups excluding carboxylic acids is 2. The van der Waals surface area contributed by atoms with Gasteiger partial charge in [-0.1, -0.05) is 24.3 Å². The lowest BCUT2D eigenvalue weighted by molar-refractivity contribution is -0.138. The Labute approximate surface area is 214 Å². The first-order valence-electron chi connectivity index (χ1n) is 13.0. The number of carbonyl (C=O) groups is 2. The van der Waals surface area contributed by atoms with E-state index in [1.54, 1.807) is 6.07 Å². The third-order valence-electron chi connectivity index (χ3n) is 7.92. The number of nitrogens with zero attached hydrogens (tertiary/aromatic N) is 3. The van der Waals surface area contributed by atoms with E-state index in [1.165, 1.54) is 0 Å². The first kappa shape index (κ1) is 23.7. The molecule has 1 atom stereocenters. The van der Waals surface area contributed by atoms with Gasteiger partial charge in [-0.15, -0.1) is 0 Å². The highest BCUT2D eigenvalue weighted by Crippen LogP contribution is 2.33. The molecule has 37 heavy (non-hydrogen) atoms. The Morgan fingerprint density at radius 3 is 2.59 bits per heavy atom. The van der Waals surface area contributed by atoms with E-state index in [0.717, 1.165) is 48.0 Å². The molecule has 2 fully saturated rings. The number of aromatic amines is 1. The summed E-state index contributed by atoms with van der Waals surface area (Å²) in [6.07, 6.45) is 3.09. The average molecular weight is 502 g/mol. The molecule has 3 aromatic rings. The van der Waals surface area contributed by atoms with Crippen molar-refractivity contribution in [2.24, 2.45) is 0 Å². The maximum atomic E-state index is 13.7. The minimum absolute atomic E-state index is 0.0726. The molecular formula is C28H31N5O4. The van der Waals surface area contributed by atoms with E-state index in [-0.39, 0.29) is 17.4 Å². The van der Waals surface area contributed by atoms with E-state index in [4.69, 9.17) is 4.74 Å². The predicted octanol–water partition coefficient (Wildman–Crippen LogP) is 1.88. The van der Waals surface area contributed by atoms with Crippen LogP contribution in [-0.4, -0.2) is 76.7 Å². The fourth-order valence-corrected chi connectivity index (χ4v) is 5.84. The molecule has 3 aliphatic heterocycles. The van der Waals surface area contributed by atoms with Crippen LogP contribution in [0.1, 0.15) is 46.9 Å². The largest absolute Gasteiger partial charge is 0.492 e. The molecule has 192 valence electrons. The third-order valence-corrected chi connectivity index (χ3v) is 7.92. The molecule has 2 aromatic carbocycles. The fraction of sp³-hybridized carbons (Fsp3) is 0.429. The van der Waals surface area contributed by atoms with E-state index < -0.39 is 5.54 Å². The maximum absolute atomic E-state index is 13.7. The molecule has 4 heterocycles. The Morgan fingerprint density at radius 2 is 1.84 bits per heavy atom. The summed E-state index contributed by atoms with van der Waals surface area (Å²) in [6, 6.07) is 11.4. The SMILES string of the molecule is C[C@]1(C(=O)N2CCN(C(=O)c3cc(Cc4n[nH]c(=O)c5ccccc45)cc4c3OCC4)CC2)CCCN1. The zero-order chi connectivity index (χ0) is 25.6. The molecule has 1 aromatic heterocycles. The lowest BCUT2D eigenvalue weighted by Gasteiger charge is -2.38. The zero-order valence-electron chi connectivity index (χ0n) is 21.0. The van der Waals surface area contributed by atoms with Gasteiger partial charge in [-0.25, -0.2) is 5.10 Å². The van der Waals surface area contributed by atoms with E-state index >= 15 is 0 Å². The maximum Gasteiger partial charge on any atom is 0.272 e. The van der Waals surface area contributed by atoms with Gasteiger partial charge in [-0.3, -0.25) is 14.4 Å². The number of benzene rings is 2. The number of rotatable bonds is 4. The van der Waals surface area contributed by atoms with Crippen molar-refractivity contribution in [1.82, 2.24) is 25.3 Å². The van der Waals surface area contributed by atoms with Crippen molar-refractivity contribution in [2.45, 2.75) is 38.1 Å². The number of piperazine rings is 1. The van der Waals surface area contributed by atoms with Crippen LogP contribution in [-0.2, 0) is 17.6 Å². The highest BCUT2D eigenvalue weighted by Gasteiger charge is 2.40. The highest BCUT2D eigenvalue weighted by atomic mass is 16.5. The Morgan fingerprint density at radius 1 is 1.08 bits per heavy atom. The molecule has 0 unspecified atom stereocenters. The van der Waals surface area contributed by atoms with Gasteiger partial charge in [-0.05, 0) is 49.6 Å². The third kappa shape index (κ3) is 4.27. The number of fused-ring (bicyclic) bond motifs is 2. The molecule has 0 saturated carbocycles. The van der Waals surface area contributed by atoms with Gasteiger partial charge in [0.1, 0.15) is 5.75 Å². The minimum atomic E-state index is -0.491. The molecule has 2 amide bonds. The van der Waals surface area contributed by atoms with E-state index in [9.17, 15) is 14.4 Å². The number of hydrogen-bond donors (Lipinski definition) is 2. The molecule has 0 bridgehead atoms. The quantitative estimate of drug-likeness (QED) is 0.565. The van der Waals surface area contributed by atoms with Crippen molar-refractivity contribution in [2.75, 3.05) is 39.3 Å². The number of H-pyrrole nitrogens is 1.